The van der Waals surface area contributed by atoms with Crippen LogP contribution in [0, 0.1) is 0 Å². The smallest absolute Gasteiger partial charge is 0.304 e. The highest BCUT2D eigenvalue weighted by Crippen LogP contribution is 2.09. The summed E-state index contributed by atoms with van der Waals surface area (Å²) in [6.45, 7) is 0.972. The Morgan fingerprint density at radius 3 is 3.05 bits per heavy atom. The lowest BCUT2D eigenvalue weighted by Crippen LogP contribution is -2.23. The first kappa shape index (κ1) is 14.9. The van der Waals surface area contributed by atoms with Crippen LogP contribution >= 0.6 is 0 Å². The van der Waals surface area contributed by atoms with Crippen molar-refractivity contribution in [1.82, 2.24) is 19.5 Å². The van der Waals surface area contributed by atoms with E-state index in [1.54, 1.807) is 0 Å². The molecule has 0 aromatic carbocycles. The van der Waals surface area contributed by atoms with Crippen LogP contribution in [0.15, 0.2) is 11.1 Å². The molecule has 2 heterocycles. The van der Waals surface area contributed by atoms with Crippen LogP contribution in [0.4, 0.5) is 5.95 Å². The third-order valence-electron chi connectivity index (χ3n) is 2.55. The number of hydrogen-bond acceptors (Lipinski definition) is 8. The molecule has 1 atom stereocenters. The number of nitrogens with one attached hydrogen (secondary N) is 1. The van der Waals surface area contributed by atoms with Gasteiger partial charge >= 0.3 is 5.97 Å². The van der Waals surface area contributed by atoms with E-state index in [0.717, 1.165) is 0 Å². The van der Waals surface area contributed by atoms with Gasteiger partial charge < -0.3 is 20.3 Å². The number of nitrogens with zero attached hydrogens (tertiary/aromatic N) is 3. The molecule has 10 nitrogen and oxygen atoms in total. The molecule has 0 aliphatic rings. The Labute approximate surface area is 118 Å². The molecule has 114 valence electrons. The number of aliphatic hydroxyl groups excluding tert-OH is 1. The van der Waals surface area contributed by atoms with Crippen LogP contribution < -0.4 is 11.3 Å². The molecular formula is C11H15N5O5. The number of H-pyrrole nitrogens is 1. The summed E-state index contributed by atoms with van der Waals surface area (Å²) in [4.78, 5) is 32.7. The number of imidazole rings is 1. The van der Waals surface area contributed by atoms with E-state index in [1.807, 2.05) is 0 Å². The van der Waals surface area contributed by atoms with E-state index < -0.39 is 17.8 Å². The van der Waals surface area contributed by atoms with Gasteiger partial charge in [-0.15, -0.1) is 0 Å². The highest BCUT2D eigenvalue weighted by Gasteiger charge is 2.14. The van der Waals surface area contributed by atoms with Crippen molar-refractivity contribution in [1.29, 1.82) is 0 Å². The van der Waals surface area contributed by atoms with Crippen LogP contribution in [-0.4, -0.2) is 43.5 Å². The molecule has 2 aromatic heterocycles. The van der Waals surface area contributed by atoms with Crippen LogP contribution in [0.1, 0.15) is 13.3 Å². The molecule has 0 radical (unpaired) electrons. The van der Waals surface area contributed by atoms with E-state index in [9.17, 15) is 9.59 Å². The van der Waals surface area contributed by atoms with Crippen molar-refractivity contribution in [3.63, 3.8) is 0 Å². The van der Waals surface area contributed by atoms with Crippen LogP contribution in [0.25, 0.3) is 11.2 Å². The highest BCUT2D eigenvalue weighted by molar-refractivity contribution is 5.70. The molecular weight excluding hydrogens is 282 g/mol. The summed E-state index contributed by atoms with van der Waals surface area (Å²) in [5, 5.41) is 8.89. The first-order chi connectivity index (χ1) is 10.0. The van der Waals surface area contributed by atoms with Gasteiger partial charge in [0.2, 0.25) is 12.2 Å². The first-order valence-electron chi connectivity index (χ1n) is 6.11. The first-order valence-corrected chi connectivity index (χ1v) is 6.11. The fourth-order valence-corrected chi connectivity index (χ4v) is 1.70. The second kappa shape index (κ2) is 6.33. The van der Waals surface area contributed by atoms with Crippen molar-refractivity contribution in [3.05, 3.63) is 16.7 Å². The Morgan fingerprint density at radius 1 is 1.62 bits per heavy atom. The third kappa shape index (κ3) is 3.55. The predicted molar refractivity (Wildman–Crippen MR) is 70.9 cm³/mol. The van der Waals surface area contributed by atoms with E-state index >= 15 is 0 Å². The molecule has 0 unspecified atom stereocenters. The minimum absolute atomic E-state index is 0.0406. The largest absolute Gasteiger partial charge is 0.436 e. The molecule has 0 aliphatic carbocycles. The maximum atomic E-state index is 11.6. The van der Waals surface area contributed by atoms with Gasteiger partial charge in [0.25, 0.3) is 5.56 Å². The molecule has 0 saturated carbocycles. The normalized spacial score (nSPS) is 12.5. The number of rotatable bonds is 6. The van der Waals surface area contributed by atoms with E-state index in [1.165, 1.54) is 17.8 Å². The van der Waals surface area contributed by atoms with Crippen molar-refractivity contribution >= 4 is 23.1 Å². The quantitative estimate of drug-likeness (QED) is 0.452. The molecule has 0 spiro atoms. The Balaban J connectivity index is 2.16. The van der Waals surface area contributed by atoms with Crippen molar-refractivity contribution in [3.8, 4) is 0 Å². The topological polar surface area (TPSA) is 145 Å². The molecule has 0 amide bonds. The lowest BCUT2D eigenvalue weighted by molar-refractivity contribution is -0.187. The number of esters is 1. The van der Waals surface area contributed by atoms with E-state index in [2.05, 4.69) is 15.0 Å². The monoisotopic (exact) mass is 297 g/mol. The molecule has 0 aliphatic heterocycles. The lowest BCUT2D eigenvalue weighted by atomic mass is 10.4. The van der Waals surface area contributed by atoms with E-state index in [4.69, 9.17) is 20.3 Å². The molecule has 2 rings (SSSR count). The van der Waals surface area contributed by atoms with Crippen molar-refractivity contribution in [2.75, 3.05) is 12.3 Å². The number of carbonyl (C=O) groups is 1. The Kier molecular flexibility index (Phi) is 4.50. The van der Waals surface area contributed by atoms with Crippen molar-refractivity contribution in [2.24, 2.45) is 0 Å². The zero-order chi connectivity index (χ0) is 15.4. The summed E-state index contributed by atoms with van der Waals surface area (Å²) in [6.07, 6.45) is 0.586. The summed E-state index contributed by atoms with van der Waals surface area (Å²) in [7, 11) is 0. The maximum absolute atomic E-state index is 11.6. The number of aliphatic hydroxyl groups is 1. The number of ether oxygens (including phenoxy) is 2. The fraction of sp³-hybridized carbons (Fsp3) is 0.455. The zero-order valence-corrected chi connectivity index (χ0v) is 11.3. The molecule has 0 bridgehead atoms. The second-order valence-corrected chi connectivity index (χ2v) is 4.18. The second-order valence-electron chi connectivity index (χ2n) is 4.18. The minimum atomic E-state index is -0.899. The number of hydrogen-bond donors (Lipinski definition) is 3. The maximum Gasteiger partial charge on any atom is 0.304 e. The van der Waals surface area contributed by atoms with Gasteiger partial charge in [0.15, 0.2) is 11.2 Å². The summed E-state index contributed by atoms with van der Waals surface area (Å²) >= 11 is 0. The average molecular weight is 297 g/mol. The third-order valence-corrected chi connectivity index (χ3v) is 2.55. The van der Waals surface area contributed by atoms with Crippen LogP contribution in [-0.2, 0) is 21.0 Å². The number of anilines is 1. The Bertz CT molecular complexity index is 694. The molecule has 0 fully saturated rings. The standard InChI is InChI=1S/C11H15N5O5/c1-6(18)21-7(2-3-17)20-5-16-4-13-8-9(16)14-11(12)15-10(8)19/h4,7,17H,2-3,5H2,1H3,(H3,12,14,15,19)/t7-/m1/s1. The molecule has 4 N–H and O–H groups in total. The van der Waals surface area contributed by atoms with Gasteiger partial charge in [-0.3, -0.25) is 19.1 Å². The summed E-state index contributed by atoms with van der Waals surface area (Å²) in [5.41, 5.74) is 5.39. The minimum Gasteiger partial charge on any atom is -0.436 e. The zero-order valence-electron chi connectivity index (χ0n) is 11.3. The van der Waals surface area contributed by atoms with Gasteiger partial charge in [-0.1, -0.05) is 0 Å². The molecule has 10 heteroatoms. The lowest BCUT2D eigenvalue weighted by Gasteiger charge is -2.16. The van der Waals surface area contributed by atoms with Crippen molar-refractivity contribution < 1.29 is 19.4 Å². The average Bonchev–Trinajstić information content (AvgIpc) is 2.79. The summed E-state index contributed by atoms with van der Waals surface area (Å²) in [6, 6.07) is 0. The summed E-state index contributed by atoms with van der Waals surface area (Å²) in [5.74, 6) is -0.566. The number of nitrogen functional groups attached to an aromatic ring is 1. The number of aromatic amines is 1. The highest BCUT2D eigenvalue weighted by atomic mass is 16.7. The number of nitrogens with two attached hydrogens (primary N) is 1. The molecule has 2 aromatic rings. The number of aromatic nitrogens is 4. The summed E-state index contributed by atoms with van der Waals surface area (Å²) < 4.78 is 11.7. The fourth-order valence-electron chi connectivity index (χ4n) is 1.70. The number of fused-ring (bicyclic) bond motifs is 1. The van der Waals surface area contributed by atoms with Gasteiger partial charge in [-0.25, -0.2) is 4.98 Å². The Morgan fingerprint density at radius 2 is 2.38 bits per heavy atom. The van der Waals surface area contributed by atoms with Gasteiger partial charge in [0.1, 0.15) is 6.73 Å². The molecule has 21 heavy (non-hydrogen) atoms. The van der Waals surface area contributed by atoms with Gasteiger partial charge in [-0.2, -0.15) is 4.98 Å². The Hall–Kier alpha value is -2.46. The van der Waals surface area contributed by atoms with Crippen LogP contribution in [0.3, 0.4) is 0 Å². The molecule has 0 saturated heterocycles. The van der Waals surface area contributed by atoms with Gasteiger partial charge in [-0.05, 0) is 0 Å². The van der Waals surface area contributed by atoms with Gasteiger partial charge in [0, 0.05) is 20.0 Å². The van der Waals surface area contributed by atoms with E-state index in [0.29, 0.717) is 0 Å². The van der Waals surface area contributed by atoms with E-state index in [-0.39, 0.29) is 36.9 Å². The SMILES string of the molecule is CC(=O)O[C@H](CCO)OCn1cnc2c(=O)[nH]c(N)nc21. The van der Waals surface area contributed by atoms with Gasteiger partial charge in [0.05, 0.1) is 6.33 Å². The van der Waals surface area contributed by atoms with Crippen LogP contribution in [0.5, 0.6) is 0 Å². The number of carbonyl (C=O) groups excluding carboxylic acids is 1. The predicted octanol–water partition coefficient (Wildman–Crippen LogP) is -1.05. The van der Waals surface area contributed by atoms with Crippen LogP contribution in [0.2, 0.25) is 0 Å². The van der Waals surface area contributed by atoms with Crippen molar-refractivity contribution in [2.45, 2.75) is 26.4 Å².